The summed E-state index contributed by atoms with van der Waals surface area (Å²) in [4.78, 5) is 50.7. The van der Waals surface area contributed by atoms with E-state index in [0.717, 1.165) is 4.90 Å². The van der Waals surface area contributed by atoms with Crippen molar-refractivity contribution < 1.29 is 57.1 Å². The Balaban J connectivity index is 1.11. The minimum absolute atomic E-state index is 0.0698. The number of rotatable bonds is 27. The highest BCUT2D eigenvalue weighted by molar-refractivity contribution is 6.25. The van der Waals surface area contributed by atoms with Crippen LogP contribution in [-0.4, -0.2) is 147 Å². The third kappa shape index (κ3) is 13.0. The van der Waals surface area contributed by atoms with Gasteiger partial charge >= 0.3 is 0 Å². The second-order valence-corrected chi connectivity index (χ2v) is 10.1. The van der Waals surface area contributed by atoms with E-state index in [2.05, 4.69) is 10.6 Å². The maximum Gasteiger partial charge on any atom is 0.264 e. The van der Waals surface area contributed by atoms with Crippen LogP contribution in [0.1, 0.15) is 40.5 Å². The molecule has 15 nitrogen and oxygen atoms in total. The van der Waals surface area contributed by atoms with E-state index in [9.17, 15) is 19.2 Å². The first-order chi connectivity index (χ1) is 22.5. The number of hydrogen-bond donors (Lipinski definition) is 2. The van der Waals surface area contributed by atoms with Gasteiger partial charge in [0.05, 0.1) is 110 Å². The molecule has 0 aliphatic carbocycles. The van der Waals surface area contributed by atoms with Crippen LogP contribution in [0.3, 0.4) is 0 Å². The molecule has 1 saturated heterocycles. The van der Waals surface area contributed by atoms with E-state index in [1.54, 1.807) is 18.2 Å². The SMILES string of the molecule is CCOCCOCCOCCOCCOCCOCCOCCOCCNc1cccc2c1C(=O)N(C1CCC(=O)NC1=O)C2=O. The smallest absolute Gasteiger partial charge is 0.264 e. The van der Waals surface area contributed by atoms with Crippen molar-refractivity contribution in [2.45, 2.75) is 25.8 Å². The van der Waals surface area contributed by atoms with Crippen LogP contribution in [0.5, 0.6) is 0 Å². The van der Waals surface area contributed by atoms with Crippen molar-refractivity contribution in [2.75, 3.05) is 118 Å². The highest BCUT2D eigenvalue weighted by Gasteiger charge is 2.45. The Hall–Kier alpha value is -3.02. The van der Waals surface area contributed by atoms with Gasteiger partial charge in [-0.25, -0.2) is 0 Å². The molecule has 1 unspecified atom stereocenters. The molecule has 4 amide bonds. The molecule has 15 heteroatoms. The minimum atomic E-state index is -1.00. The van der Waals surface area contributed by atoms with Crippen LogP contribution >= 0.6 is 0 Å². The number of nitrogens with zero attached hydrogens (tertiary/aromatic N) is 1. The molecule has 2 aliphatic rings. The lowest BCUT2D eigenvalue weighted by Crippen LogP contribution is -2.54. The number of benzene rings is 1. The number of ether oxygens (including phenoxy) is 8. The van der Waals surface area contributed by atoms with Crippen LogP contribution in [-0.2, 0) is 47.5 Å². The third-order valence-corrected chi connectivity index (χ3v) is 6.84. The van der Waals surface area contributed by atoms with Gasteiger partial charge in [0, 0.05) is 25.3 Å². The van der Waals surface area contributed by atoms with Crippen molar-refractivity contribution >= 4 is 29.3 Å². The van der Waals surface area contributed by atoms with Gasteiger partial charge in [0.15, 0.2) is 0 Å². The number of imide groups is 2. The van der Waals surface area contributed by atoms with Crippen LogP contribution in [0.2, 0.25) is 0 Å². The van der Waals surface area contributed by atoms with Gasteiger partial charge in [0.1, 0.15) is 6.04 Å². The Morgan fingerprint density at radius 1 is 0.674 bits per heavy atom. The van der Waals surface area contributed by atoms with E-state index in [0.29, 0.717) is 118 Å². The largest absolute Gasteiger partial charge is 0.382 e. The predicted octanol–water partition coefficient (Wildman–Crippen LogP) is 0.652. The van der Waals surface area contributed by atoms with Gasteiger partial charge in [-0.2, -0.15) is 0 Å². The standard InChI is InChI=1S/C31H47N3O12/c1-2-39-10-11-41-14-15-43-18-19-45-22-23-46-21-20-44-17-16-42-13-12-40-9-8-32-25-5-3-4-24-28(25)31(38)34(30(24)37)26-6-7-27(35)33-29(26)36/h3-5,26,32H,2,6-23H2,1H3,(H,33,35,36). The Labute approximate surface area is 269 Å². The van der Waals surface area contributed by atoms with Crippen LogP contribution in [0.4, 0.5) is 5.69 Å². The second-order valence-electron chi connectivity index (χ2n) is 10.1. The fourth-order valence-corrected chi connectivity index (χ4v) is 4.60. The molecule has 1 fully saturated rings. The summed E-state index contributed by atoms with van der Waals surface area (Å²) >= 11 is 0. The molecular weight excluding hydrogens is 606 g/mol. The molecule has 1 aromatic carbocycles. The highest BCUT2D eigenvalue weighted by Crippen LogP contribution is 2.32. The van der Waals surface area contributed by atoms with E-state index in [-0.39, 0.29) is 24.0 Å². The molecular formula is C31H47N3O12. The summed E-state index contributed by atoms with van der Waals surface area (Å²) in [6, 6.07) is 3.91. The average Bonchev–Trinajstić information content (AvgIpc) is 3.30. The van der Waals surface area contributed by atoms with Gasteiger partial charge in [-0.05, 0) is 25.5 Å². The normalized spacial score (nSPS) is 16.3. The first kappa shape index (κ1) is 37.4. The van der Waals surface area contributed by atoms with Crippen molar-refractivity contribution in [3.8, 4) is 0 Å². The summed E-state index contributed by atoms with van der Waals surface area (Å²) in [5.41, 5.74) is 0.920. The number of amides is 4. The van der Waals surface area contributed by atoms with Gasteiger partial charge in [0.2, 0.25) is 11.8 Å². The molecule has 0 saturated carbocycles. The van der Waals surface area contributed by atoms with Crippen molar-refractivity contribution in [1.82, 2.24) is 10.2 Å². The molecule has 1 atom stereocenters. The molecule has 1 aromatic rings. The first-order valence-corrected chi connectivity index (χ1v) is 15.7. The zero-order valence-corrected chi connectivity index (χ0v) is 26.6. The van der Waals surface area contributed by atoms with Gasteiger partial charge in [-0.3, -0.25) is 29.4 Å². The van der Waals surface area contributed by atoms with Crippen LogP contribution < -0.4 is 10.6 Å². The number of carbonyl (C=O) groups is 4. The number of piperidine rings is 1. The molecule has 258 valence electrons. The lowest BCUT2D eigenvalue weighted by atomic mass is 10.0. The molecule has 46 heavy (non-hydrogen) atoms. The maximum absolute atomic E-state index is 13.1. The van der Waals surface area contributed by atoms with Gasteiger partial charge in [0.25, 0.3) is 11.8 Å². The summed E-state index contributed by atoms with van der Waals surface area (Å²) < 4.78 is 43.4. The summed E-state index contributed by atoms with van der Waals surface area (Å²) in [5.74, 6) is -2.15. The highest BCUT2D eigenvalue weighted by atomic mass is 16.6. The number of fused-ring (bicyclic) bond motifs is 1. The van der Waals surface area contributed by atoms with Crippen LogP contribution in [0.15, 0.2) is 18.2 Å². The zero-order valence-electron chi connectivity index (χ0n) is 26.6. The number of carbonyl (C=O) groups excluding carboxylic acids is 4. The summed E-state index contributed by atoms with van der Waals surface area (Å²) in [6.07, 6.45) is 0.178. The summed E-state index contributed by atoms with van der Waals surface area (Å²) in [7, 11) is 0. The Kier molecular flexibility index (Phi) is 18.3. The Bertz CT molecular complexity index is 1090. The molecule has 0 radical (unpaired) electrons. The molecule has 2 N–H and O–H groups in total. The van der Waals surface area contributed by atoms with E-state index >= 15 is 0 Å². The van der Waals surface area contributed by atoms with Crippen molar-refractivity contribution in [1.29, 1.82) is 0 Å². The first-order valence-electron chi connectivity index (χ1n) is 15.7. The molecule has 2 aliphatic heterocycles. The molecule has 3 rings (SSSR count). The van der Waals surface area contributed by atoms with Gasteiger partial charge < -0.3 is 43.2 Å². The van der Waals surface area contributed by atoms with Crippen LogP contribution in [0, 0.1) is 0 Å². The number of anilines is 1. The van der Waals surface area contributed by atoms with Gasteiger partial charge in [-0.15, -0.1) is 0 Å². The Morgan fingerprint density at radius 3 is 1.63 bits per heavy atom. The minimum Gasteiger partial charge on any atom is -0.382 e. The van der Waals surface area contributed by atoms with Crippen molar-refractivity contribution in [3.05, 3.63) is 29.3 Å². The van der Waals surface area contributed by atoms with Gasteiger partial charge in [-0.1, -0.05) is 6.07 Å². The fourth-order valence-electron chi connectivity index (χ4n) is 4.60. The maximum atomic E-state index is 13.1. The summed E-state index contributed by atoms with van der Waals surface area (Å²) in [5, 5.41) is 5.33. The predicted molar refractivity (Wildman–Crippen MR) is 164 cm³/mol. The van der Waals surface area contributed by atoms with E-state index in [4.69, 9.17) is 37.9 Å². The molecule has 2 heterocycles. The molecule has 0 aromatic heterocycles. The third-order valence-electron chi connectivity index (χ3n) is 6.84. The van der Waals surface area contributed by atoms with E-state index in [1.165, 1.54) is 0 Å². The number of nitrogens with one attached hydrogen (secondary N) is 2. The molecule has 0 bridgehead atoms. The van der Waals surface area contributed by atoms with Crippen molar-refractivity contribution in [2.24, 2.45) is 0 Å². The van der Waals surface area contributed by atoms with E-state index < -0.39 is 29.7 Å². The van der Waals surface area contributed by atoms with Crippen molar-refractivity contribution in [3.63, 3.8) is 0 Å². The lowest BCUT2D eigenvalue weighted by molar-refractivity contribution is -0.136. The Morgan fingerprint density at radius 2 is 1.15 bits per heavy atom. The second kappa shape index (κ2) is 22.5. The zero-order chi connectivity index (χ0) is 32.8. The topological polar surface area (TPSA) is 169 Å². The molecule has 0 spiro atoms. The lowest BCUT2D eigenvalue weighted by Gasteiger charge is -2.27. The quantitative estimate of drug-likeness (QED) is 0.100. The van der Waals surface area contributed by atoms with E-state index in [1.807, 2.05) is 6.92 Å². The monoisotopic (exact) mass is 653 g/mol. The summed E-state index contributed by atoms with van der Waals surface area (Å²) in [6.45, 7) is 10.2. The number of hydrogen-bond acceptors (Lipinski definition) is 13. The average molecular weight is 654 g/mol. The fraction of sp³-hybridized carbons (Fsp3) is 0.677. The van der Waals surface area contributed by atoms with Crippen LogP contribution in [0.25, 0.3) is 0 Å².